The van der Waals surface area contributed by atoms with Gasteiger partial charge in [-0.3, -0.25) is 9.89 Å². The van der Waals surface area contributed by atoms with Gasteiger partial charge in [-0.15, -0.1) is 0 Å². The van der Waals surface area contributed by atoms with Crippen LogP contribution in [0.3, 0.4) is 0 Å². The van der Waals surface area contributed by atoms with Gasteiger partial charge in [-0.2, -0.15) is 5.10 Å². The van der Waals surface area contributed by atoms with Crippen molar-refractivity contribution in [2.24, 2.45) is 0 Å². The maximum atomic E-state index is 12.2. The van der Waals surface area contributed by atoms with E-state index in [-0.39, 0.29) is 16.3 Å². The summed E-state index contributed by atoms with van der Waals surface area (Å²) in [5.74, 6) is -0.428. The molecule has 0 spiro atoms. The number of carbonyl (C=O) groups is 1. The lowest BCUT2D eigenvalue weighted by atomic mass is 10.3. The first-order valence-electron chi connectivity index (χ1n) is 5.61. The third-order valence-corrected chi connectivity index (χ3v) is 3.95. The predicted molar refractivity (Wildman–Crippen MR) is 68.2 cm³/mol. The largest absolute Gasteiger partial charge is 0.338 e. The molecule has 0 aliphatic heterocycles. The molecule has 1 N–H and O–H groups in total. The zero-order chi connectivity index (χ0) is 13.9. The smallest absolute Gasteiger partial charge is 0.275 e. The Morgan fingerprint density at radius 2 is 2.06 bits per heavy atom. The van der Waals surface area contributed by atoms with E-state index in [1.807, 2.05) is 13.8 Å². The van der Waals surface area contributed by atoms with Crippen LogP contribution < -0.4 is 0 Å². The van der Waals surface area contributed by atoms with Crippen LogP contribution in [0.2, 0.25) is 0 Å². The fourth-order valence-electron chi connectivity index (χ4n) is 1.69. The maximum Gasteiger partial charge on any atom is 0.275 e. The van der Waals surface area contributed by atoms with Crippen LogP contribution in [-0.4, -0.2) is 42.5 Å². The third-order valence-electron chi connectivity index (χ3n) is 2.50. The van der Waals surface area contributed by atoms with Crippen LogP contribution in [0.25, 0.3) is 0 Å². The average molecular weight is 294 g/mol. The van der Waals surface area contributed by atoms with Crippen molar-refractivity contribution in [2.45, 2.75) is 32.1 Å². The van der Waals surface area contributed by atoms with Crippen molar-refractivity contribution in [3.05, 3.63) is 11.4 Å². The second-order valence-corrected chi connectivity index (χ2v) is 6.35. The van der Waals surface area contributed by atoms with Crippen molar-refractivity contribution in [3.8, 4) is 0 Å². The molecule has 102 valence electrons. The number of carbonyl (C=O) groups excluding carboxylic acids is 1. The predicted octanol–water partition coefficient (Wildman–Crippen LogP) is 1.52. The van der Waals surface area contributed by atoms with E-state index in [0.717, 1.165) is 6.42 Å². The second kappa shape index (κ2) is 5.71. The summed E-state index contributed by atoms with van der Waals surface area (Å²) in [5.41, 5.74) is 0.124. The number of nitrogens with zero attached hydrogens (tertiary/aromatic N) is 2. The van der Waals surface area contributed by atoms with Crippen molar-refractivity contribution in [1.82, 2.24) is 15.1 Å². The molecule has 0 atom stereocenters. The van der Waals surface area contributed by atoms with Crippen LogP contribution in [0.1, 0.15) is 36.5 Å². The minimum absolute atomic E-state index is 0.141. The van der Waals surface area contributed by atoms with Gasteiger partial charge in [0, 0.05) is 23.8 Å². The highest BCUT2D eigenvalue weighted by atomic mass is 35.7. The zero-order valence-corrected chi connectivity index (χ0v) is 12.1. The first-order valence-corrected chi connectivity index (χ1v) is 7.92. The van der Waals surface area contributed by atoms with E-state index in [1.165, 1.54) is 11.8 Å². The van der Waals surface area contributed by atoms with E-state index >= 15 is 0 Å². The van der Waals surface area contributed by atoms with Crippen molar-refractivity contribution >= 4 is 25.6 Å². The Morgan fingerprint density at radius 3 is 2.50 bits per heavy atom. The van der Waals surface area contributed by atoms with Crippen LogP contribution in [0, 0.1) is 6.92 Å². The molecular formula is C10H16ClN3O3S. The van der Waals surface area contributed by atoms with E-state index in [4.69, 9.17) is 10.7 Å². The van der Waals surface area contributed by atoms with Crippen molar-refractivity contribution < 1.29 is 13.2 Å². The summed E-state index contributed by atoms with van der Waals surface area (Å²) in [7, 11) is 1.33. The lowest BCUT2D eigenvalue weighted by molar-refractivity contribution is 0.0754. The van der Waals surface area contributed by atoms with Crippen molar-refractivity contribution in [2.75, 3.05) is 13.1 Å². The minimum atomic E-state index is -3.99. The van der Waals surface area contributed by atoms with E-state index in [9.17, 15) is 13.2 Å². The highest BCUT2D eigenvalue weighted by molar-refractivity contribution is 8.13. The van der Waals surface area contributed by atoms with Crippen LogP contribution in [-0.2, 0) is 9.05 Å². The standard InChI is InChI=1S/C10H16ClN3O3S/c1-4-6-14(5-2)10(15)8-9(18(11,16)17)7(3)12-13-8/h4-6H2,1-3H3,(H,12,13). The molecule has 0 radical (unpaired) electrons. The number of H-pyrrole nitrogens is 1. The summed E-state index contributed by atoms with van der Waals surface area (Å²) in [5, 5.41) is 6.24. The third kappa shape index (κ3) is 3.02. The number of hydrogen-bond acceptors (Lipinski definition) is 4. The van der Waals surface area contributed by atoms with Gasteiger partial charge in [-0.05, 0) is 20.3 Å². The van der Waals surface area contributed by atoms with Crippen molar-refractivity contribution in [1.29, 1.82) is 0 Å². The van der Waals surface area contributed by atoms with Crippen LogP contribution >= 0.6 is 10.7 Å². The summed E-state index contributed by atoms with van der Waals surface area (Å²) in [6.45, 7) is 6.30. The number of nitrogens with one attached hydrogen (secondary N) is 1. The summed E-state index contributed by atoms with van der Waals surface area (Å²) < 4.78 is 22.9. The fourth-order valence-corrected chi connectivity index (χ4v) is 3.03. The van der Waals surface area contributed by atoms with Gasteiger partial charge in [0.25, 0.3) is 15.0 Å². The van der Waals surface area contributed by atoms with Crippen molar-refractivity contribution in [3.63, 3.8) is 0 Å². The summed E-state index contributed by atoms with van der Waals surface area (Å²) >= 11 is 0. The van der Waals surface area contributed by atoms with Gasteiger partial charge >= 0.3 is 0 Å². The van der Waals surface area contributed by atoms with Gasteiger partial charge < -0.3 is 4.90 Å². The molecule has 0 saturated heterocycles. The van der Waals surface area contributed by atoms with Crippen LogP contribution in [0.4, 0.5) is 0 Å². The van der Waals surface area contributed by atoms with Gasteiger partial charge in [0.15, 0.2) is 5.69 Å². The summed E-state index contributed by atoms with van der Waals surface area (Å²) in [4.78, 5) is 13.5. The fraction of sp³-hybridized carbons (Fsp3) is 0.600. The van der Waals surface area contributed by atoms with Gasteiger partial charge in [0.05, 0.1) is 5.69 Å². The number of halogens is 1. The summed E-state index contributed by atoms with van der Waals surface area (Å²) in [6, 6.07) is 0. The Bertz CT molecular complexity index is 539. The van der Waals surface area contributed by atoms with Crippen LogP contribution in [0.5, 0.6) is 0 Å². The lowest BCUT2D eigenvalue weighted by Crippen LogP contribution is -2.32. The molecule has 0 aliphatic rings. The van der Waals surface area contributed by atoms with Gasteiger partial charge in [-0.25, -0.2) is 8.42 Å². The van der Waals surface area contributed by atoms with Gasteiger partial charge in [-0.1, -0.05) is 6.92 Å². The minimum Gasteiger partial charge on any atom is -0.338 e. The Labute approximate surface area is 111 Å². The number of aryl methyl sites for hydroxylation is 1. The molecule has 0 aliphatic carbocycles. The molecule has 0 fully saturated rings. The molecule has 1 aromatic rings. The summed E-state index contributed by atoms with van der Waals surface area (Å²) in [6.07, 6.45) is 0.784. The molecule has 1 rings (SSSR count). The molecule has 8 heteroatoms. The molecule has 1 amide bonds. The van der Waals surface area contributed by atoms with Gasteiger partial charge in [0.2, 0.25) is 0 Å². The molecule has 0 saturated carbocycles. The number of amides is 1. The Morgan fingerprint density at radius 1 is 1.44 bits per heavy atom. The number of hydrogen-bond donors (Lipinski definition) is 1. The molecule has 0 bridgehead atoms. The van der Waals surface area contributed by atoms with Crippen LogP contribution in [0.15, 0.2) is 4.90 Å². The molecule has 0 aromatic carbocycles. The number of aromatic amines is 1. The molecule has 18 heavy (non-hydrogen) atoms. The van der Waals surface area contributed by atoms with E-state index in [1.54, 1.807) is 0 Å². The highest BCUT2D eigenvalue weighted by Gasteiger charge is 2.28. The first kappa shape index (κ1) is 15.0. The monoisotopic (exact) mass is 293 g/mol. The molecule has 1 aromatic heterocycles. The lowest BCUT2D eigenvalue weighted by Gasteiger charge is -2.19. The highest BCUT2D eigenvalue weighted by Crippen LogP contribution is 2.23. The molecular weight excluding hydrogens is 278 g/mol. The number of rotatable bonds is 5. The average Bonchev–Trinajstić information content (AvgIpc) is 2.66. The zero-order valence-electron chi connectivity index (χ0n) is 10.5. The normalized spacial score (nSPS) is 11.6. The number of aromatic nitrogens is 2. The Balaban J connectivity index is 3.22. The second-order valence-electron chi connectivity index (χ2n) is 3.85. The Hall–Kier alpha value is -1.08. The first-order chi connectivity index (χ1) is 8.32. The maximum absolute atomic E-state index is 12.2. The van der Waals surface area contributed by atoms with Gasteiger partial charge in [0.1, 0.15) is 4.90 Å². The van der Waals surface area contributed by atoms with E-state index < -0.39 is 15.0 Å². The quantitative estimate of drug-likeness (QED) is 0.834. The molecule has 1 heterocycles. The Kier molecular flexibility index (Phi) is 4.75. The van der Waals surface area contributed by atoms with E-state index in [2.05, 4.69) is 10.2 Å². The van der Waals surface area contributed by atoms with E-state index in [0.29, 0.717) is 13.1 Å². The topological polar surface area (TPSA) is 83.1 Å². The SMILES string of the molecule is CCCN(CC)C(=O)c1n[nH]c(C)c1S(=O)(=O)Cl. The molecule has 0 unspecified atom stereocenters. The molecule has 6 nitrogen and oxygen atoms in total.